The molecule has 28 heavy (non-hydrogen) atoms. The molecule has 10 heteroatoms. The Morgan fingerprint density at radius 3 is 2.36 bits per heavy atom. The van der Waals surface area contributed by atoms with Crippen LogP contribution in [0.25, 0.3) is 0 Å². The topological polar surface area (TPSA) is 113 Å². The molecule has 0 radical (unpaired) electrons. The second kappa shape index (κ2) is 11.3. The fourth-order valence-electron chi connectivity index (χ4n) is 2.45. The maximum atomic E-state index is 12.1. The van der Waals surface area contributed by atoms with Gasteiger partial charge in [-0.2, -0.15) is 13.2 Å². The van der Waals surface area contributed by atoms with Gasteiger partial charge in [0, 0.05) is 32.5 Å². The van der Waals surface area contributed by atoms with Crippen LogP contribution in [0.3, 0.4) is 0 Å². The number of hydrogen-bond donors (Lipinski definition) is 4. The lowest BCUT2D eigenvalue weighted by Crippen LogP contribution is -2.47. The monoisotopic (exact) mass is 402 g/mol. The molecule has 2 atom stereocenters. The highest BCUT2D eigenvalue weighted by atomic mass is 19.4. The van der Waals surface area contributed by atoms with Crippen LogP contribution in [-0.2, 0) is 20.8 Å². The second-order valence-electron chi connectivity index (χ2n) is 6.28. The van der Waals surface area contributed by atoms with Crippen LogP contribution in [0.4, 0.5) is 13.2 Å². The molecule has 0 saturated heterocycles. The zero-order chi connectivity index (χ0) is 21.2. The summed E-state index contributed by atoms with van der Waals surface area (Å²) in [5.41, 5.74) is 6.53. The van der Waals surface area contributed by atoms with E-state index in [1.807, 2.05) is 30.3 Å². The Bertz CT molecular complexity index is 653. The highest BCUT2D eigenvalue weighted by molar-refractivity contribution is 5.87. The van der Waals surface area contributed by atoms with Crippen LogP contribution in [-0.4, -0.2) is 49.6 Å². The molecule has 0 aliphatic carbocycles. The third-order valence-electron chi connectivity index (χ3n) is 3.94. The zero-order valence-electron chi connectivity index (χ0n) is 15.5. The lowest BCUT2D eigenvalue weighted by atomic mass is 10.0. The summed E-state index contributed by atoms with van der Waals surface area (Å²) in [5.74, 6) is -2.74. The summed E-state index contributed by atoms with van der Waals surface area (Å²) in [6.07, 6.45) is -4.01. The fourth-order valence-corrected chi connectivity index (χ4v) is 2.45. The molecule has 0 aliphatic rings. The lowest BCUT2D eigenvalue weighted by Gasteiger charge is -2.18. The zero-order valence-corrected chi connectivity index (χ0v) is 15.5. The van der Waals surface area contributed by atoms with Crippen molar-refractivity contribution in [3.8, 4) is 0 Å². The van der Waals surface area contributed by atoms with Gasteiger partial charge in [-0.3, -0.25) is 14.4 Å². The average molecular weight is 402 g/mol. The number of nitrogens with one attached hydrogen (secondary N) is 3. The molecule has 0 aliphatic heterocycles. The van der Waals surface area contributed by atoms with E-state index < -0.39 is 24.2 Å². The summed E-state index contributed by atoms with van der Waals surface area (Å²) in [6, 6.07) is 7.75. The normalized spacial score (nSPS) is 13.3. The highest BCUT2D eigenvalue weighted by Crippen LogP contribution is 2.14. The Morgan fingerprint density at radius 2 is 1.79 bits per heavy atom. The van der Waals surface area contributed by atoms with E-state index in [0.717, 1.165) is 5.56 Å². The third-order valence-corrected chi connectivity index (χ3v) is 3.94. The van der Waals surface area contributed by atoms with E-state index in [1.54, 1.807) is 5.32 Å². The molecule has 0 heterocycles. The number of rotatable bonds is 10. The number of benzene rings is 1. The van der Waals surface area contributed by atoms with Crippen LogP contribution in [0.15, 0.2) is 30.3 Å². The smallest absolute Gasteiger partial charge is 0.357 e. The molecular formula is C18H25F3N4O3. The third kappa shape index (κ3) is 8.85. The maximum absolute atomic E-state index is 12.1. The minimum absolute atomic E-state index is 0.0587. The molecule has 1 rings (SSSR count). The van der Waals surface area contributed by atoms with E-state index in [2.05, 4.69) is 10.6 Å². The number of carbonyl (C=O) groups is 3. The van der Waals surface area contributed by atoms with E-state index in [0.29, 0.717) is 12.8 Å². The van der Waals surface area contributed by atoms with Crippen molar-refractivity contribution < 1.29 is 27.6 Å². The van der Waals surface area contributed by atoms with Gasteiger partial charge in [0.2, 0.25) is 11.8 Å². The number of nitrogens with two attached hydrogens (primary N) is 1. The number of carbonyl (C=O) groups excluding carboxylic acids is 3. The number of amides is 3. The molecule has 0 spiro atoms. The van der Waals surface area contributed by atoms with Crippen molar-refractivity contribution in [2.24, 2.45) is 5.73 Å². The molecule has 5 N–H and O–H groups in total. The van der Waals surface area contributed by atoms with E-state index in [1.165, 1.54) is 7.05 Å². The molecule has 1 aromatic carbocycles. The average Bonchev–Trinajstić information content (AvgIpc) is 2.64. The van der Waals surface area contributed by atoms with E-state index in [-0.39, 0.29) is 31.2 Å². The first-order valence-corrected chi connectivity index (χ1v) is 8.79. The van der Waals surface area contributed by atoms with Crippen LogP contribution in [0.1, 0.15) is 24.8 Å². The van der Waals surface area contributed by atoms with Gasteiger partial charge in [-0.25, -0.2) is 0 Å². The van der Waals surface area contributed by atoms with Gasteiger partial charge in [-0.15, -0.1) is 0 Å². The number of alkyl halides is 3. The number of halogens is 3. The molecule has 0 saturated carbocycles. The van der Waals surface area contributed by atoms with Gasteiger partial charge in [-0.1, -0.05) is 30.3 Å². The molecule has 1 aromatic rings. The first-order valence-electron chi connectivity index (χ1n) is 8.79. The van der Waals surface area contributed by atoms with E-state index in [9.17, 15) is 27.6 Å². The van der Waals surface area contributed by atoms with Gasteiger partial charge in [0.15, 0.2) is 0 Å². The number of likely N-dealkylation sites (N-methyl/N-ethyl adjacent to an activating group) is 1. The molecule has 3 amide bonds. The molecule has 156 valence electrons. The van der Waals surface area contributed by atoms with Crippen molar-refractivity contribution in [2.45, 2.75) is 43.9 Å². The van der Waals surface area contributed by atoms with Crippen molar-refractivity contribution >= 4 is 17.7 Å². The standard InChI is InChI=1S/C18H25F3N4O3/c1-23-16(27)14(10-12-6-3-2-4-7-12)25-15(26)9-5-8-13(22)11-24-17(28)18(19,20)21/h2-4,6-7,13-14H,5,8-11,22H2,1H3,(H,23,27)(H,24,28)(H,25,26). The van der Waals surface area contributed by atoms with Crippen molar-refractivity contribution in [3.05, 3.63) is 35.9 Å². The van der Waals surface area contributed by atoms with Gasteiger partial charge in [0.1, 0.15) is 6.04 Å². The number of hydrogen-bond acceptors (Lipinski definition) is 4. The molecule has 0 fully saturated rings. The summed E-state index contributed by atoms with van der Waals surface area (Å²) >= 11 is 0. The summed E-state index contributed by atoms with van der Waals surface area (Å²) in [5, 5.41) is 6.85. The second-order valence-corrected chi connectivity index (χ2v) is 6.28. The summed E-state index contributed by atoms with van der Waals surface area (Å²) in [6.45, 7) is -0.338. The van der Waals surface area contributed by atoms with Crippen LogP contribution in [0.5, 0.6) is 0 Å². The van der Waals surface area contributed by atoms with E-state index in [4.69, 9.17) is 5.73 Å². The minimum Gasteiger partial charge on any atom is -0.357 e. The lowest BCUT2D eigenvalue weighted by molar-refractivity contribution is -0.173. The van der Waals surface area contributed by atoms with Gasteiger partial charge in [0.05, 0.1) is 0 Å². The van der Waals surface area contributed by atoms with Crippen LogP contribution >= 0.6 is 0 Å². The molecule has 0 bridgehead atoms. The minimum atomic E-state index is -4.95. The Hall–Kier alpha value is -2.62. The molecule has 2 unspecified atom stereocenters. The van der Waals surface area contributed by atoms with Gasteiger partial charge in [-0.05, 0) is 18.4 Å². The Labute approximate surface area is 161 Å². The molecule has 0 aromatic heterocycles. The Balaban J connectivity index is 2.40. The fraction of sp³-hybridized carbons (Fsp3) is 0.500. The van der Waals surface area contributed by atoms with Crippen molar-refractivity contribution in [3.63, 3.8) is 0 Å². The van der Waals surface area contributed by atoms with Crippen LogP contribution in [0, 0.1) is 0 Å². The first kappa shape index (κ1) is 23.4. The predicted octanol–water partition coefficient (Wildman–Crippen LogP) is 0.636. The van der Waals surface area contributed by atoms with Gasteiger partial charge < -0.3 is 21.7 Å². The molecule has 7 nitrogen and oxygen atoms in total. The summed E-state index contributed by atoms with van der Waals surface area (Å²) in [4.78, 5) is 34.8. The van der Waals surface area contributed by atoms with Crippen LogP contribution in [0.2, 0.25) is 0 Å². The van der Waals surface area contributed by atoms with Gasteiger partial charge >= 0.3 is 12.1 Å². The SMILES string of the molecule is CNC(=O)C(Cc1ccccc1)NC(=O)CCCC(N)CNC(=O)C(F)(F)F. The molecular weight excluding hydrogens is 377 g/mol. The quantitative estimate of drug-likeness (QED) is 0.460. The van der Waals surface area contributed by atoms with Crippen molar-refractivity contribution in [1.29, 1.82) is 0 Å². The first-order chi connectivity index (χ1) is 13.1. The Morgan fingerprint density at radius 1 is 1.14 bits per heavy atom. The largest absolute Gasteiger partial charge is 0.471 e. The highest BCUT2D eigenvalue weighted by Gasteiger charge is 2.38. The maximum Gasteiger partial charge on any atom is 0.471 e. The predicted molar refractivity (Wildman–Crippen MR) is 97.0 cm³/mol. The van der Waals surface area contributed by atoms with Crippen LogP contribution < -0.4 is 21.7 Å². The van der Waals surface area contributed by atoms with E-state index >= 15 is 0 Å². The van der Waals surface area contributed by atoms with Gasteiger partial charge in [0.25, 0.3) is 0 Å². The van der Waals surface area contributed by atoms with Crippen molar-refractivity contribution in [1.82, 2.24) is 16.0 Å². The Kier molecular flexibility index (Phi) is 9.43. The summed E-state index contributed by atoms with van der Waals surface area (Å²) < 4.78 is 36.3. The summed E-state index contributed by atoms with van der Waals surface area (Å²) in [7, 11) is 1.47. The van der Waals surface area contributed by atoms with Crippen molar-refractivity contribution in [2.75, 3.05) is 13.6 Å².